The minimum atomic E-state index is -3.54. The summed E-state index contributed by atoms with van der Waals surface area (Å²) in [6, 6.07) is 12.3. The van der Waals surface area contributed by atoms with E-state index < -0.39 is 10.0 Å². The molecule has 0 saturated carbocycles. The number of rotatable bonds is 9. The lowest BCUT2D eigenvalue weighted by atomic mass is 10.2. The number of hydrogen-bond acceptors (Lipinski definition) is 6. The molecule has 1 aromatic heterocycles. The Balaban J connectivity index is 1.80. The van der Waals surface area contributed by atoms with Crippen LogP contribution in [0.25, 0.3) is 10.2 Å². The van der Waals surface area contributed by atoms with Crippen LogP contribution in [0.15, 0.2) is 47.4 Å². The minimum Gasteiger partial charge on any atom is -0.372 e. The van der Waals surface area contributed by atoms with Gasteiger partial charge in [0.15, 0.2) is 5.13 Å². The van der Waals surface area contributed by atoms with Crippen LogP contribution in [0.5, 0.6) is 0 Å². The molecule has 3 aromatic rings. The molecule has 0 unspecified atom stereocenters. The average molecular weight is 461 g/mol. The van der Waals surface area contributed by atoms with Gasteiger partial charge in [-0.2, -0.15) is 4.31 Å². The van der Waals surface area contributed by atoms with Gasteiger partial charge in [-0.3, -0.25) is 10.1 Å². The second kappa shape index (κ2) is 9.76. The number of nitrogens with one attached hydrogen (secondary N) is 1. The Morgan fingerprint density at radius 1 is 0.968 bits per heavy atom. The fourth-order valence-corrected chi connectivity index (χ4v) is 5.87. The number of hydrogen-bond donors (Lipinski definition) is 1. The number of carbonyl (C=O) groups is 1. The van der Waals surface area contributed by atoms with E-state index in [-0.39, 0.29) is 10.8 Å². The monoisotopic (exact) mass is 460 g/mol. The summed E-state index contributed by atoms with van der Waals surface area (Å²) in [7, 11) is -3.54. The van der Waals surface area contributed by atoms with E-state index in [4.69, 9.17) is 0 Å². The van der Waals surface area contributed by atoms with Crippen molar-refractivity contribution in [1.29, 1.82) is 0 Å². The van der Waals surface area contributed by atoms with Crippen LogP contribution >= 0.6 is 11.3 Å². The molecule has 9 heteroatoms. The molecule has 0 spiro atoms. The topological polar surface area (TPSA) is 82.6 Å². The van der Waals surface area contributed by atoms with E-state index in [1.165, 1.54) is 15.6 Å². The van der Waals surface area contributed by atoms with E-state index in [1.54, 1.807) is 30.3 Å². The molecule has 31 heavy (non-hydrogen) atoms. The largest absolute Gasteiger partial charge is 0.372 e. The van der Waals surface area contributed by atoms with Gasteiger partial charge in [0, 0.05) is 37.4 Å². The standard InChI is InChI=1S/C22H28N4O3S2/c1-5-25(6-2)17-11-9-16(10-12-17)21(27)24-22-23-19-14-13-18(15-20(19)30-22)31(28,29)26(7-3)8-4/h9-15H,5-8H2,1-4H3,(H,23,24,27). The zero-order chi connectivity index (χ0) is 22.6. The lowest BCUT2D eigenvalue weighted by Crippen LogP contribution is -2.30. The first-order chi connectivity index (χ1) is 14.8. The Morgan fingerprint density at radius 2 is 1.61 bits per heavy atom. The van der Waals surface area contributed by atoms with E-state index in [1.807, 2.05) is 26.0 Å². The SMILES string of the molecule is CCN(CC)c1ccc(C(=O)Nc2nc3ccc(S(=O)(=O)N(CC)CC)cc3s2)cc1. The van der Waals surface area contributed by atoms with Crippen molar-refractivity contribution in [2.75, 3.05) is 36.4 Å². The van der Waals surface area contributed by atoms with Crippen LogP contribution in [0.1, 0.15) is 38.1 Å². The van der Waals surface area contributed by atoms with Crippen molar-refractivity contribution in [2.24, 2.45) is 0 Å². The normalized spacial score (nSPS) is 11.8. The molecule has 1 amide bonds. The molecule has 3 rings (SSSR count). The van der Waals surface area contributed by atoms with Crippen LogP contribution in [-0.4, -0.2) is 49.8 Å². The van der Waals surface area contributed by atoms with Crippen LogP contribution in [-0.2, 0) is 10.0 Å². The molecule has 0 bridgehead atoms. The number of nitrogens with zero attached hydrogens (tertiary/aromatic N) is 3. The second-order valence-electron chi connectivity index (χ2n) is 6.91. The zero-order valence-corrected chi connectivity index (χ0v) is 19.9. The summed E-state index contributed by atoms with van der Waals surface area (Å²) in [5.41, 5.74) is 2.26. The van der Waals surface area contributed by atoms with Crippen molar-refractivity contribution in [3.63, 3.8) is 0 Å². The average Bonchev–Trinajstić information content (AvgIpc) is 3.17. The Kier molecular flexibility index (Phi) is 7.30. The molecule has 0 saturated heterocycles. The van der Waals surface area contributed by atoms with Gasteiger partial charge < -0.3 is 4.90 Å². The van der Waals surface area contributed by atoms with Gasteiger partial charge in [-0.05, 0) is 56.3 Å². The number of aromatic nitrogens is 1. The molecule has 166 valence electrons. The van der Waals surface area contributed by atoms with Gasteiger partial charge in [0.1, 0.15) is 0 Å². The highest BCUT2D eigenvalue weighted by molar-refractivity contribution is 7.89. The fourth-order valence-electron chi connectivity index (χ4n) is 3.41. The predicted molar refractivity (Wildman–Crippen MR) is 128 cm³/mol. The molecule has 0 aliphatic rings. The molecule has 0 radical (unpaired) electrons. The Bertz CT molecular complexity index is 1150. The van der Waals surface area contributed by atoms with E-state index >= 15 is 0 Å². The highest BCUT2D eigenvalue weighted by Gasteiger charge is 2.22. The third-order valence-corrected chi connectivity index (χ3v) is 8.16. The number of thiazole rings is 1. The summed E-state index contributed by atoms with van der Waals surface area (Å²) in [6.07, 6.45) is 0. The number of anilines is 2. The van der Waals surface area contributed by atoms with Crippen LogP contribution in [0, 0.1) is 0 Å². The maximum absolute atomic E-state index is 12.8. The Labute approximate surface area is 187 Å². The van der Waals surface area contributed by atoms with Gasteiger partial charge in [-0.25, -0.2) is 13.4 Å². The number of amides is 1. The van der Waals surface area contributed by atoms with E-state index in [0.29, 0.717) is 34.0 Å². The lowest BCUT2D eigenvalue weighted by Gasteiger charge is -2.20. The highest BCUT2D eigenvalue weighted by atomic mass is 32.2. The summed E-state index contributed by atoms with van der Waals surface area (Å²) in [5.74, 6) is -0.249. The molecule has 0 aliphatic heterocycles. The van der Waals surface area contributed by atoms with Crippen molar-refractivity contribution in [3.05, 3.63) is 48.0 Å². The third-order valence-electron chi connectivity index (χ3n) is 5.18. The van der Waals surface area contributed by atoms with Gasteiger partial charge in [0.05, 0.1) is 15.1 Å². The van der Waals surface area contributed by atoms with Crippen LogP contribution in [0.4, 0.5) is 10.8 Å². The molecule has 0 fully saturated rings. The predicted octanol–water partition coefficient (Wildman–Crippen LogP) is 4.43. The smallest absolute Gasteiger partial charge is 0.257 e. The van der Waals surface area contributed by atoms with Crippen LogP contribution in [0.3, 0.4) is 0 Å². The molecular formula is C22H28N4O3S2. The minimum absolute atomic E-state index is 0.234. The first kappa shape index (κ1) is 23.2. The third kappa shape index (κ3) is 4.89. The van der Waals surface area contributed by atoms with Crippen molar-refractivity contribution in [2.45, 2.75) is 32.6 Å². The quantitative estimate of drug-likeness (QED) is 0.511. The van der Waals surface area contributed by atoms with Crippen molar-refractivity contribution in [1.82, 2.24) is 9.29 Å². The molecule has 1 N–H and O–H groups in total. The number of benzene rings is 2. The molecule has 7 nitrogen and oxygen atoms in total. The lowest BCUT2D eigenvalue weighted by molar-refractivity contribution is 0.102. The zero-order valence-electron chi connectivity index (χ0n) is 18.3. The molecule has 0 aliphatic carbocycles. The summed E-state index contributed by atoms with van der Waals surface area (Å²) < 4.78 is 27.7. The van der Waals surface area contributed by atoms with Gasteiger partial charge in [-0.15, -0.1) is 0 Å². The summed E-state index contributed by atoms with van der Waals surface area (Å²) in [6.45, 7) is 10.4. The maximum atomic E-state index is 12.8. The summed E-state index contributed by atoms with van der Waals surface area (Å²) in [5, 5.41) is 3.26. The Morgan fingerprint density at radius 3 is 2.19 bits per heavy atom. The Hall–Kier alpha value is -2.49. The van der Waals surface area contributed by atoms with Crippen molar-refractivity contribution in [3.8, 4) is 0 Å². The molecule has 2 aromatic carbocycles. The summed E-state index contributed by atoms with van der Waals surface area (Å²) >= 11 is 1.26. The number of carbonyl (C=O) groups excluding carboxylic acids is 1. The summed E-state index contributed by atoms with van der Waals surface area (Å²) in [4.78, 5) is 19.5. The van der Waals surface area contributed by atoms with Crippen LogP contribution < -0.4 is 10.2 Å². The number of sulfonamides is 1. The maximum Gasteiger partial charge on any atom is 0.257 e. The van der Waals surface area contributed by atoms with E-state index in [0.717, 1.165) is 18.8 Å². The second-order valence-corrected chi connectivity index (χ2v) is 9.88. The van der Waals surface area contributed by atoms with Gasteiger partial charge in [0.2, 0.25) is 10.0 Å². The molecule has 1 heterocycles. The van der Waals surface area contributed by atoms with Gasteiger partial charge >= 0.3 is 0 Å². The van der Waals surface area contributed by atoms with E-state index in [9.17, 15) is 13.2 Å². The fraction of sp³-hybridized carbons (Fsp3) is 0.364. The molecular weight excluding hydrogens is 432 g/mol. The van der Waals surface area contributed by atoms with Crippen molar-refractivity contribution < 1.29 is 13.2 Å². The highest BCUT2D eigenvalue weighted by Crippen LogP contribution is 2.29. The number of fused-ring (bicyclic) bond motifs is 1. The first-order valence-electron chi connectivity index (χ1n) is 10.4. The first-order valence-corrected chi connectivity index (χ1v) is 12.7. The van der Waals surface area contributed by atoms with E-state index in [2.05, 4.69) is 29.0 Å². The molecule has 0 atom stereocenters. The van der Waals surface area contributed by atoms with Crippen molar-refractivity contribution >= 4 is 48.3 Å². The van der Waals surface area contributed by atoms with Gasteiger partial charge in [-0.1, -0.05) is 25.2 Å². The van der Waals surface area contributed by atoms with Crippen LogP contribution in [0.2, 0.25) is 0 Å². The van der Waals surface area contributed by atoms with Gasteiger partial charge in [0.25, 0.3) is 5.91 Å².